The summed E-state index contributed by atoms with van der Waals surface area (Å²) in [6.45, 7) is 15.9. The zero-order valence-electron chi connectivity index (χ0n) is 22.3. The molecule has 0 N–H and O–H groups in total. The van der Waals surface area contributed by atoms with Gasteiger partial charge in [0.05, 0.1) is 6.10 Å². The molecule has 3 aliphatic rings. The predicted octanol–water partition coefficient (Wildman–Crippen LogP) is 5.09. The van der Waals surface area contributed by atoms with Crippen LogP contribution >= 0.6 is 0 Å². The molecule has 0 amide bonds. The number of aromatic nitrogens is 2. The van der Waals surface area contributed by atoms with Crippen molar-refractivity contribution in [3.8, 4) is 0 Å². The van der Waals surface area contributed by atoms with Crippen molar-refractivity contribution < 1.29 is 4.74 Å². The number of piperazine rings is 1. The lowest BCUT2D eigenvalue weighted by Crippen LogP contribution is -2.56. The molecule has 34 heavy (non-hydrogen) atoms. The Morgan fingerprint density at radius 1 is 0.912 bits per heavy atom. The van der Waals surface area contributed by atoms with Gasteiger partial charge in [-0.25, -0.2) is 9.97 Å². The van der Waals surface area contributed by atoms with Gasteiger partial charge >= 0.3 is 0 Å². The van der Waals surface area contributed by atoms with Gasteiger partial charge in [0.2, 0.25) is 5.95 Å². The van der Waals surface area contributed by atoms with E-state index < -0.39 is 0 Å². The van der Waals surface area contributed by atoms with Crippen LogP contribution in [0.25, 0.3) is 0 Å². The Labute approximate surface area is 208 Å². The van der Waals surface area contributed by atoms with Crippen LogP contribution in [0.1, 0.15) is 97.0 Å². The molecule has 2 bridgehead atoms. The number of hydrogen-bond acceptors (Lipinski definition) is 6. The molecule has 3 unspecified atom stereocenters. The number of rotatable bonds is 12. The van der Waals surface area contributed by atoms with Gasteiger partial charge in [0.25, 0.3) is 0 Å². The maximum Gasteiger partial charge on any atom is 0.225 e. The number of piperidine rings is 1. The summed E-state index contributed by atoms with van der Waals surface area (Å²) >= 11 is 0. The third-order valence-corrected chi connectivity index (χ3v) is 8.53. The van der Waals surface area contributed by atoms with Crippen molar-refractivity contribution in [1.82, 2.24) is 19.8 Å². The van der Waals surface area contributed by atoms with Crippen molar-refractivity contribution in [2.75, 3.05) is 44.2 Å². The first-order valence-corrected chi connectivity index (χ1v) is 14.2. The fourth-order valence-corrected chi connectivity index (χ4v) is 6.04. The molecular formula is C28H49N5O. The summed E-state index contributed by atoms with van der Waals surface area (Å²) in [5.74, 6) is 1.59. The van der Waals surface area contributed by atoms with E-state index in [4.69, 9.17) is 14.7 Å². The van der Waals surface area contributed by atoms with E-state index in [1.54, 1.807) is 0 Å². The Bertz CT molecular complexity index is 704. The molecule has 0 aliphatic carbocycles. The SMILES string of the molecule is CCC(C)OCCCCCCN1CCC(c2cnc(N3C4CCC3CN(C(C)C)C4)nc2)CC1. The van der Waals surface area contributed by atoms with Crippen LogP contribution in [0.4, 0.5) is 5.95 Å². The number of nitrogens with zero attached hydrogens (tertiary/aromatic N) is 5. The first-order chi connectivity index (χ1) is 16.5. The summed E-state index contributed by atoms with van der Waals surface area (Å²) < 4.78 is 5.78. The van der Waals surface area contributed by atoms with Crippen molar-refractivity contribution >= 4 is 5.95 Å². The molecule has 4 rings (SSSR count). The molecule has 6 nitrogen and oxygen atoms in total. The van der Waals surface area contributed by atoms with E-state index in [1.807, 2.05) is 0 Å². The van der Waals surface area contributed by atoms with Gasteiger partial charge in [-0.3, -0.25) is 4.90 Å². The first-order valence-electron chi connectivity index (χ1n) is 14.2. The summed E-state index contributed by atoms with van der Waals surface area (Å²) in [4.78, 5) is 17.6. The van der Waals surface area contributed by atoms with Crippen LogP contribution < -0.4 is 4.90 Å². The second-order valence-electron chi connectivity index (χ2n) is 11.3. The molecule has 3 atom stereocenters. The zero-order valence-corrected chi connectivity index (χ0v) is 22.3. The Balaban J connectivity index is 1.15. The van der Waals surface area contributed by atoms with Crippen molar-refractivity contribution in [1.29, 1.82) is 0 Å². The molecule has 4 heterocycles. The maximum atomic E-state index is 5.78. The number of unbranched alkanes of at least 4 members (excludes halogenated alkanes) is 3. The van der Waals surface area contributed by atoms with Gasteiger partial charge in [0.1, 0.15) is 0 Å². The molecule has 0 aromatic carbocycles. The minimum absolute atomic E-state index is 0.415. The van der Waals surface area contributed by atoms with Gasteiger partial charge in [-0.05, 0) is 96.8 Å². The number of fused-ring (bicyclic) bond motifs is 2. The number of likely N-dealkylation sites (tertiary alicyclic amines) is 2. The van der Waals surface area contributed by atoms with Crippen LogP contribution in [-0.4, -0.2) is 83.3 Å². The summed E-state index contributed by atoms with van der Waals surface area (Å²) in [5, 5.41) is 0. The minimum atomic E-state index is 0.415. The second kappa shape index (κ2) is 12.6. The fourth-order valence-electron chi connectivity index (χ4n) is 6.04. The minimum Gasteiger partial charge on any atom is -0.379 e. The van der Waals surface area contributed by atoms with Gasteiger partial charge in [-0.1, -0.05) is 19.8 Å². The average molecular weight is 472 g/mol. The van der Waals surface area contributed by atoms with Crippen molar-refractivity contribution in [2.45, 2.75) is 116 Å². The average Bonchev–Trinajstić information content (AvgIpc) is 3.12. The highest BCUT2D eigenvalue weighted by Gasteiger charge is 2.41. The lowest BCUT2D eigenvalue weighted by atomic mass is 9.91. The maximum absolute atomic E-state index is 5.78. The van der Waals surface area contributed by atoms with E-state index in [9.17, 15) is 0 Å². The van der Waals surface area contributed by atoms with Gasteiger partial charge < -0.3 is 14.5 Å². The monoisotopic (exact) mass is 471 g/mol. The molecule has 3 saturated heterocycles. The van der Waals surface area contributed by atoms with Crippen LogP contribution in [0.5, 0.6) is 0 Å². The summed E-state index contributed by atoms with van der Waals surface area (Å²) in [6, 6.07) is 1.80. The highest BCUT2D eigenvalue weighted by Crippen LogP contribution is 2.34. The summed E-state index contributed by atoms with van der Waals surface area (Å²) in [6.07, 6.45) is 16.0. The quantitative estimate of drug-likeness (QED) is 0.396. The Morgan fingerprint density at radius 2 is 1.56 bits per heavy atom. The third kappa shape index (κ3) is 6.70. The molecule has 6 heteroatoms. The van der Waals surface area contributed by atoms with Gasteiger partial charge in [-0.15, -0.1) is 0 Å². The highest BCUT2D eigenvalue weighted by atomic mass is 16.5. The highest BCUT2D eigenvalue weighted by molar-refractivity contribution is 5.38. The summed E-state index contributed by atoms with van der Waals surface area (Å²) in [5.41, 5.74) is 1.35. The van der Waals surface area contributed by atoms with Crippen molar-refractivity contribution in [3.63, 3.8) is 0 Å². The van der Waals surface area contributed by atoms with Crippen LogP contribution in [-0.2, 0) is 4.74 Å². The number of ether oxygens (including phenoxy) is 1. The van der Waals surface area contributed by atoms with Gasteiger partial charge in [-0.2, -0.15) is 0 Å². The normalized spacial score (nSPS) is 25.4. The zero-order chi connectivity index (χ0) is 23.9. The largest absolute Gasteiger partial charge is 0.379 e. The fraction of sp³-hybridized carbons (Fsp3) is 0.857. The van der Waals surface area contributed by atoms with Crippen molar-refractivity contribution in [3.05, 3.63) is 18.0 Å². The molecule has 3 fully saturated rings. The van der Waals surface area contributed by atoms with E-state index in [0.717, 1.165) is 32.1 Å². The van der Waals surface area contributed by atoms with Gasteiger partial charge in [0, 0.05) is 50.2 Å². The smallest absolute Gasteiger partial charge is 0.225 e. The topological polar surface area (TPSA) is 44.7 Å². The van der Waals surface area contributed by atoms with E-state index in [-0.39, 0.29) is 0 Å². The molecule has 1 aromatic rings. The molecular weight excluding hydrogens is 422 g/mol. The summed E-state index contributed by atoms with van der Waals surface area (Å²) in [7, 11) is 0. The lowest BCUT2D eigenvalue weighted by molar-refractivity contribution is 0.0606. The number of hydrogen-bond donors (Lipinski definition) is 0. The third-order valence-electron chi connectivity index (χ3n) is 8.53. The predicted molar refractivity (Wildman–Crippen MR) is 141 cm³/mol. The Kier molecular flexibility index (Phi) is 9.61. The van der Waals surface area contributed by atoms with Gasteiger partial charge in [0.15, 0.2) is 0 Å². The Hall–Kier alpha value is -1.24. The molecule has 1 aromatic heterocycles. The number of anilines is 1. The molecule has 0 spiro atoms. The van der Waals surface area contributed by atoms with E-state index in [1.165, 1.54) is 76.6 Å². The van der Waals surface area contributed by atoms with Crippen LogP contribution in [0.3, 0.4) is 0 Å². The molecule has 0 radical (unpaired) electrons. The van der Waals surface area contributed by atoms with Crippen LogP contribution in [0.15, 0.2) is 12.4 Å². The van der Waals surface area contributed by atoms with E-state index >= 15 is 0 Å². The van der Waals surface area contributed by atoms with Crippen LogP contribution in [0.2, 0.25) is 0 Å². The first kappa shape index (κ1) is 25.8. The van der Waals surface area contributed by atoms with E-state index in [2.05, 4.69) is 54.8 Å². The lowest BCUT2D eigenvalue weighted by Gasteiger charge is -2.42. The Morgan fingerprint density at radius 3 is 2.18 bits per heavy atom. The molecule has 0 saturated carbocycles. The second-order valence-corrected chi connectivity index (χ2v) is 11.3. The van der Waals surface area contributed by atoms with Crippen LogP contribution in [0, 0.1) is 0 Å². The van der Waals surface area contributed by atoms with Crippen molar-refractivity contribution in [2.24, 2.45) is 0 Å². The standard InChI is InChI=1S/C28H49N5O/c1-5-23(4)34-17-9-7-6-8-14-31-15-12-24(13-16-31)25-18-29-28(30-19-25)33-26-10-11-27(33)21-32(20-26)22(2)3/h18-19,22-24,26-27H,5-17,20-21H2,1-4H3. The molecule has 3 aliphatic heterocycles. The van der Waals surface area contributed by atoms with E-state index in [0.29, 0.717) is 30.1 Å². The molecule has 192 valence electrons.